The van der Waals surface area contributed by atoms with E-state index in [1.807, 2.05) is 0 Å². The molecule has 1 atom stereocenters. The lowest BCUT2D eigenvalue weighted by atomic mass is 10.1. The van der Waals surface area contributed by atoms with Crippen molar-refractivity contribution in [3.63, 3.8) is 0 Å². The minimum atomic E-state index is -4.39. The number of ether oxygens (including phenoxy) is 2. The fourth-order valence-electron chi connectivity index (χ4n) is 1.30. The molecule has 0 saturated carbocycles. The number of hydrogen-bond donors (Lipinski definition) is 1. The van der Waals surface area contributed by atoms with Crippen LogP contribution >= 0.6 is 0 Å². The smallest absolute Gasteiger partial charge is 0.422 e. The van der Waals surface area contributed by atoms with Gasteiger partial charge in [0.1, 0.15) is 11.8 Å². The molecule has 19 heavy (non-hydrogen) atoms. The van der Waals surface area contributed by atoms with Crippen molar-refractivity contribution in [3.8, 4) is 5.75 Å². The molecule has 0 aliphatic carbocycles. The first-order valence-electron chi connectivity index (χ1n) is 5.55. The van der Waals surface area contributed by atoms with Gasteiger partial charge in [-0.1, -0.05) is 12.1 Å². The molecule has 0 aromatic heterocycles. The van der Waals surface area contributed by atoms with Crippen molar-refractivity contribution in [1.29, 1.82) is 0 Å². The Bertz CT molecular complexity index is 417. The molecular weight excluding hydrogens is 263 g/mol. The molecule has 0 aliphatic rings. The van der Waals surface area contributed by atoms with Gasteiger partial charge in [0.15, 0.2) is 6.61 Å². The summed E-state index contributed by atoms with van der Waals surface area (Å²) >= 11 is 0. The van der Waals surface area contributed by atoms with Crippen LogP contribution in [0.1, 0.15) is 18.5 Å². The van der Waals surface area contributed by atoms with Crippen molar-refractivity contribution < 1.29 is 27.4 Å². The van der Waals surface area contributed by atoms with Crippen molar-refractivity contribution in [2.45, 2.75) is 19.1 Å². The summed E-state index contributed by atoms with van der Waals surface area (Å²) in [5.74, 6) is -0.538. The lowest BCUT2D eigenvalue weighted by Crippen LogP contribution is -2.23. The molecule has 1 aromatic carbocycles. The second-order valence-electron chi connectivity index (χ2n) is 3.70. The second-order valence-corrected chi connectivity index (χ2v) is 3.70. The second kappa shape index (κ2) is 6.42. The molecule has 0 fully saturated rings. The normalized spacial score (nSPS) is 12.9. The number of nitrogens with two attached hydrogens (primary N) is 1. The van der Waals surface area contributed by atoms with Crippen LogP contribution in [0.3, 0.4) is 0 Å². The van der Waals surface area contributed by atoms with Gasteiger partial charge in [-0.3, -0.25) is 0 Å². The summed E-state index contributed by atoms with van der Waals surface area (Å²) in [6.07, 6.45) is -4.39. The third-order valence-electron chi connectivity index (χ3n) is 2.18. The topological polar surface area (TPSA) is 61.5 Å². The van der Waals surface area contributed by atoms with Crippen LogP contribution in [0.25, 0.3) is 0 Å². The first-order chi connectivity index (χ1) is 8.83. The van der Waals surface area contributed by atoms with E-state index in [2.05, 4.69) is 4.74 Å². The molecule has 1 rings (SSSR count). The van der Waals surface area contributed by atoms with Gasteiger partial charge in [-0.25, -0.2) is 4.79 Å². The number of carbonyl (C=O) groups excluding carboxylic acids is 1. The highest BCUT2D eigenvalue weighted by Crippen LogP contribution is 2.20. The molecule has 1 unspecified atom stereocenters. The first kappa shape index (κ1) is 15.3. The Morgan fingerprint density at radius 2 is 1.89 bits per heavy atom. The number of rotatable bonds is 5. The highest BCUT2D eigenvalue weighted by atomic mass is 19.4. The van der Waals surface area contributed by atoms with Gasteiger partial charge in [0.2, 0.25) is 0 Å². The standard InChI is InChI=1S/C12H14F3NO3/c1-2-18-11(17)10(16)8-3-5-9(6-4-8)19-7-12(13,14)15/h3-6,10H,2,7,16H2,1H3. The quantitative estimate of drug-likeness (QED) is 0.838. The maximum absolute atomic E-state index is 11.9. The molecule has 0 saturated heterocycles. The predicted molar refractivity (Wildman–Crippen MR) is 61.6 cm³/mol. The van der Waals surface area contributed by atoms with E-state index in [1.165, 1.54) is 24.3 Å². The molecule has 0 heterocycles. The summed E-state index contributed by atoms with van der Waals surface area (Å²) in [4.78, 5) is 11.4. The van der Waals surface area contributed by atoms with Gasteiger partial charge in [-0.15, -0.1) is 0 Å². The molecule has 0 aliphatic heterocycles. The predicted octanol–water partition coefficient (Wildman–Crippen LogP) is 2.19. The summed E-state index contributed by atoms with van der Waals surface area (Å²) < 4.78 is 45.1. The van der Waals surface area contributed by atoms with E-state index in [4.69, 9.17) is 10.5 Å². The van der Waals surface area contributed by atoms with Crippen molar-refractivity contribution in [2.24, 2.45) is 5.73 Å². The molecule has 7 heteroatoms. The van der Waals surface area contributed by atoms with Gasteiger partial charge in [-0.2, -0.15) is 13.2 Å². The van der Waals surface area contributed by atoms with Crippen molar-refractivity contribution >= 4 is 5.97 Å². The van der Waals surface area contributed by atoms with Gasteiger partial charge in [0, 0.05) is 0 Å². The lowest BCUT2D eigenvalue weighted by Gasteiger charge is -2.12. The average Bonchev–Trinajstić information content (AvgIpc) is 2.35. The third kappa shape index (κ3) is 5.17. The number of alkyl halides is 3. The minimum Gasteiger partial charge on any atom is -0.484 e. The van der Waals surface area contributed by atoms with Crippen molar-refractivity contribution in [2.75, 3.05) is 13.2 Å². The van der Waals surface area contributed by atoms with Crippen LogP contribution in [0.5, 0.6) is 5.75 Å². The molecule has 0 amide bonds. The summed E-state index contributed by atoms with van der Waals surface area (Å²) in [7, 11) is 0. The molecule has 4 nitrogen and oxygen atoms in total. The number of hydrogen-bond acceptors (Lipinski definition) is 4. The van der Waals surface area contributed by atoms with E-state index in [1.54, 1.807) is 6.92 Å². The minimum absolute atomic E-state index is 0.0529. The van der Waals surface area contributed by atoms with Gasteiger partial charge in [0.05, 0.1) is 6.61 Å². The Morgan fingerprint density at radius 1 is 1.32 bits per heavy atom. The number of carbonyl (C=O) groups is 1. The molecule has 106 valence electrons. The van der Waals surface area contributed by atoms with Gasteiger partial charge in [0.25, 0.3) is 0 Å². The maximum atomic E-state index is 11.9. The Balaban J connectivity index is 2.63. The SMILES string of the molecule is CCOC(=O)C(N)c1ccc(OCC(F)(F)F)cc1. The van der Waals surface area contributed by atoms with Gasteiger partial charge in [-0.05, 0) is 24.6 Å². The van der Waals surface area contributed by atoms with E-state index in [0.717, 1.165) is 0 Å². The Hall–Kier alpha value is -1.76. The number of halogens is 3. The van der Waals surface area contributed by atoms with Crippen LogP contribution in [0.15, 0.2) is 24.3 Å². The largest absolute Gasteiger partial charge is 0.484 e. The zero-order valence-corrected chi connectivity index (χ0v) is 10.2. The summed E-state index contributed by atoms with van der Waals surface area (Å²) in [5.41, 5.74) is 6.06. The van der Waals surface area contributed by atoms with Crippen molar-refractivity contribution in [1.82, 2.24) is 0 Å². The molecular formula is C12H14F3NO3. The van der Waals surface area contributed by atoms with Crippen LogP contribution in [0.2, 0.25) is 0 Å². The molecule has 1 aromatic rings. The number of benzene rings is 1. The number of esters is 1. The average molecular weight is 277 g/mol. The maximum Gasteiger partial charge on any atom is 0.422 e. The van der Waals surface area contributed by atoms with Crippen LogP contribution < -0.4 is 10.5 Å². The van der Waals surface area contributed by atoms with Crippen LogP contribution in [-0.4, -0.2) is 25.4 Å². The van der Waals surface area contributed by atoms with E-state index < -0.39 is 24.8 Å². The zero-order chi connectivity index (χ0) is 14.5. The van der Waals surface area contributed by atoms with Crippen LogP contribution in [0.4, 0.5) is 13.2 Å². The van der Waals surface area contributed by atoms with Gasteiger partial charge >= 0.3 is 12.1 Å². The van der Waals surface area contributed by atoms with E-state index in [9.17, 15) is 18.0 Å². The van der Waals surface area contributed by atoms with E-state index >= 15 is 0 Å². The monoisotopic (exact) mass is 277 g/mol. The molecule has 0 radical (unpaired) electrons. The highest BCUT2D eigenvalue weighted by molar-refractivity contribution is 5.77. The summed E-state index contributed by atoms with van der Waals surface area (Å²) in [5, 5.41) is 0. The van der Waals surface area contributed by atoms with Gasteiger partial charge < -0.3 is 15.2 Å². The Kier molecular flexibility index (Phi) is 5.17. The fraction of sp³-hybridized carbons (Fsp3) is 0.417. The first-order valence-corrected chi connectivity index (χ1v) is 5.55. The molecule has 2 N–H and O–H groups in total. The van der Waals surface area contributed by atoms with Crippen LogP contribution in [-0.2, 0) is 9.53 Å². The van der Waals surface area contributed by atoms with Crippen LogP contribution in [0, 0.1) is 0 Å². The fourth-order valence-corrected chi connectivity index (χ4v) is 1.30. The van der Waals surface area contributed by atoms with E-state index in [0.29, 0.717) is 5.56 Å². The lowest BCUT2D eigenvalue weighted by molar-refractivity contribution is -0.153. The zero-order valence-electron chi connectivity index (χ0n) is 10.2. The highest BCUT2D eigenvalue weighted by Gasteiger charge is 2.28. The third-order valence-corrected chi connectivity index (χ3v) is 2.18. The Labute approximate surface area is 108 Å². The summed E-state index contributed by atoms with van der Waals surface area (Å²) in [6, 6.07) is 4.53. The van der Waals surface area contributed by atoms with Crippen molar-refractivity contribution in [3.05, 3.63) is 29.8 Å². The Morgan fingerprint density at radius 3 is 2.37 bits per heavy atom. The summed E-state index contributed by atoms with van der Waals surface area (Å²) in [6.45, 7) is 0.494. The molecule has 0 bridgehead atoms. The molecule has 0 spiro atoms. The van der Waals surface area contributed by atoms with E-state index in [-0.39, 0.29) is 12.4 Å².